The Hall–Kier alpha value is -7.77. The van der Waals surface area contributed by atoms with E-state index in [1.165, 1.54) is 5.56 Å². The van der Waals surface area contributed by atoms with Crippen LogP contribution < -0.4 is 21.3 Å². The van der Waals surface area contributed by atoms with Gasteiger partial charge in [0.05, 0.1) is 37.4 Å². The first-order chi connectivity index (χ1) is 46.2. The molecule has 0 spiro atoms. The molecule has 0 saturated carbocycles. The number of carbonyl (C=O) groups is 8. The van der Waals surface area contributed by atoms with Crippen molar-refractivity contribution in [3.8, 4) is 12.8 Å². The molecule has 15 heteroatoms. The Morgan fingerprint density at radius 1 is 0.408 bits per heavy atom. The van der Waals surface area contributed by atoms with Gasteiger partial charge in [0.25, 0.3) is 0 Å². The molecule has 2 aliphatic rings. The van der Waals surface area contributed by atoms with Gasteiger partial charge < -0.3 is 30.7 Å². The minimum absolute atomic E-state index is 0. The standard InChI is InChI=1S/C44H56N2O5S.C36H50N2O5.C2H2.CH4/c1-30(2)23-38(45-42(49)35(22-21-32-15-9-6-10-16-32)27-37(52)26-34-19-13-8-14-20-34)40(47)28-36(25-33-17-11-7-12-18-33)43(50)46-39(24-31(3)4)41(48)44(5)29-51-44;1-24(2)19-30(37-34(41)26(5)17-18-27-13-9-7-10-14-27)32(39)22-29(21-28-15-11-8-12-16-28)35(42)38-31(20-25(3)4)33(40)36(6)23-43-36;1-2;/h6-20,30-31,35-36,38-39H,21-29H2,1-5H3,(H,45,49)(H,46,50);7-16,24-26,29-31H,17-23H2,1-6H3,(H,37,41)(H,38,42);1-2H;1H4/t35-,36-,38+,39+,44-;26-,29+,30-,31-,36+;;/m10../s1. The third kappa shape index (κ3) is 29.0. The SMILES string of the molecule is C.C#C.CC(C)C[C@H](NC(=O)[C@@H](C)CCc1ccccc1)C(=O)C[C@@H](Cc1ccccc1)C(=O)N[C@@H](CC(C)C)C(=O)[C@@]1(C)CO1.CC(C)C[C@H](NC(=O)[C@H](CCc1ccccc1)CC(=S)Cc1ccccc1)C(=O)C[C@@H](Cc1ccccc1)C(=O)N[C@@H](CC(C)C)C(=O)[C@@]1(C)CO1. The van der Waals surface area contributed by atoms with E-state index in [-0.39, 0.29) is 96.6 Å². The van der Waals surface area contributed by atoms with Crippen molar-refractivity contribution in [3.63, 3.8) is 0 Å². The van der Waals surface area contributed by atoms with Gasteiger partial charge in [0, 0.05) is 42.9 Å². The monoisotopic (exact) mass is 1360 g/mol. The van der Waals surface area contributed by atoms with E-state index in [2.05, 4.69) is 46.2 Å². The lowest BCUT2D eigenvalue weighted by Gasteiger charge is -2.27. The van der Waals surface area contributed by atoms with Crippen molar-refractivity contribution in [2.45, 2.75) is 209 Å². The number of thiocarbonyl (C=S) groups is 1. The summed E-state index contributed by atoms with van der Waals surface area (Å²) < 4.78 is 10.8. The number of amides is 4. The van der Waals surface area contributed by atoms with Crippen molar-refractivity contribution in [2.75, 3.05) is 13.2 Å². The Balaban J connectivity index is 0.000000409. The molecule has 2 saturated heterocycles. The Morgan fingerprint density at radius 2 is 0.694 bits per heavy atom. The molecule has 0 radical (unpaired) electrons. The predicted molar refractivity (Wildman–Crippen MR) is 397 cm³/mol. The quantitative estimate of drug-likeness (QED) is 0.0165. The van der Waals surface area contributed by atoms with Crippen LogP contribution in [-0.2, 0) is 79.9 Å². The molecule has 2 heterocycles. The number of ether oxygens (including phenoxy) is 2. The molecule has 10 atom stereocenters. The van der Waals surface area contributed by atoms with Crippen LogP contribution in [0.5, 0.6) is 0 Å². The number of benzene rings is 5. The molecule has 0 aromatic heterocycles. The number of epoxide rings is 2. The van der Waals surface area contributed by atoms with Gasteiger partial charge >= 0.3 is 0 Å². The maximum absolute atomic E-state index is 14.2. The Bertz CT molecular complexity index is 3310. The van der Waals surface area contributed by atoms with Crippen LogP contribution in [0.15, 0.2) is 152 Å². The maximum atomic E-state index is 14.2. The Kier molecular flexibility index (Phi) is 35.1. The lowest BCUT2D eigenvalue weighted by Crippen LogP contribution is -2.50. The van der Waals surface area contributed by atoms with Crippen molar-refractivity contribution < 1.29 is 47.8 Å². The lowest BCUT2D eigenvalue weighted by atomic mass is 9.87. The number of carbonyl (C=O) groups excluding carboxylic acids is 8. The van der Waals surface area contributed by atoms with E-state index >= 15 is 0 Å². The largest absolute Gasteiger partial charge is 0.361 e. The molecule has 530 valence electrons. The first-order valence-electron chi connectivity index (χ1n) is 34.9. The maximum Gasteiger partial charge on any atom is 0.224 e. The Morgan fingerprint density at radius 3 is 1.03 bits per heavy atom. The predicted octanol–water partition coefficient (Wildman–Crippen LogP) is 13.9. The van der Waals surface area contributed by atoms with Crippen molar-refractivity contribution in [1.29, 1.82) is 0 Å². The van der Waals surface area contributed by atoms with Crippen molar-refractivity contribution >= 4 is 63.8 Å². The zero-order valence-electron chi connectivity index (χ0n) is 59.3. The third-order valence-electron chi connectivity index (χ3n) is 17.9. The first kappa shape index (κ1) is 82.7. The van der Waals surface area contributed by atoms with Crippen LogP contribution in [-0.4, -0.2) is 100 Å². The lowest BCUT2D eigenvalue weighted by molar-refractivity contribution is -0.135. The van der Waals surface area contributed by atoms with Gasteiger partial charge in [-0.3, -0.25) is 38.4 Å². The molecule has 0 unspecified atom stereocenters. The van der Waals surface area contributed by atoms with Crippen LogP contribution in [0.2, 0.25) is 0 Å². The van der Waals surface area contributed by atoms with Crippen LogP contribution in [0.25, 0.3) is 0 Å². The normalized spacial score (nSPS) is 17.6. The number of ketones is 4. The fourth-order valence-electron chi connectivity index (χ4n) is 12.0. The van der Waals surface area contributed by atoms with Gasteiger partial charge in [-0.15, -0.1) is 12.8 Å². The topological polar surface area (TPSA) is 210 Å². The molecule has 14 nitrogen and oxygen atoms in total. The van der Waals surface area contributed by atoms with E-state index < -0.39 is 53.1 Å². The minimum atomic E-state index is -0.884. The summed E-state index contributed by atoms with van der Waals surface area (Å²) in [6.07, 6.45) is 14.2. The number of hydrogen-bond donors (Lipinski definition) is 4. The summed E-state index contributed by atoms with van der Waals surface area (Å²) >= 11 is 5.83. The zero-order valence-corrected chi connectivity index (χ0v) is 60.1. The van der Waals surface area contributed by atoms with E-state index in [0.717, 1.165) is 33.5 Å². The van der Waals surface area contributed by atoms with Gasteiger partial charge in [-0.05, 0) is 141 Å². The summed E-state index contributed by atoms with van der Waals surface area (Å²) in [5.41, 5.74) is 3.50. The molecule has 2 aliphatic heterocycles. The number of rotatable bonds is 40. The number of aryl methyl sites for hydroxylation is 2. The molecule has 7 rings (SSSR count). The first-order valence-corrected chi connectivity index (χ1v) is 35.3. The molecular formula is C83H112N4O10S. The van der Waals surface area contributed by atoms with Gasteiger partial charge in [0.1, 0.15) is 11.2 Å². The molecule has 0 aliphatic carbocycles. The van der Waals surface area contributed by atoms with Crippen molar-refractivity contribution in [3.05, 3.63) is 179 Å². The van der Waals surface area contributed by atoms with Gasteiger partial charge in [0.2, 0.25) is 23.6 Å². The van der Waals surface area contributed by atoms with E-state index in [0.29, 0.717) is 83.8 Å². The molecular weight excluding hydrogens is 1240 g/mol. The zero-order chi connectivity index (χ0) is 71.2. The minimum Gasteiger partial charge on any atom is -0.361 e. The van der Waals surface area contributed by atoms with Crippen molar-refractivity contribution in [1.82, 2.24) is 21.3 Å². The molecule has 5 aromatic carbocycles. The molecule has 0 bridgehead atoms. The fraction of sp³-hybridized carbons (Fsp3) is 0.506. The number of nitrogens with one attached hydrogen (secondary N) is 4. The van der Waals surface area contributed by atoms with Gasteiger partial charge in [-0.2, -0.15) is 0 Å². The van der Waals surface area contributed by atoms with Crippen LogP contribution in [0.3, 0.4) is 0 Å². The molecule has 5 aromatic rings. The van der Waals surface area contributed by atoms with Crippen LogP contribution in [0.4, 0.5) is 0 Å². The average molecular weight is 1360 g/mol. The fourth-order valence-corrected chi connectivity index (χ4v) is 12.4. The highest BCUT2D eigenvalue weighted by molar-refractivity contribution is 7.80. The highest BCUT2D eigenvalue weighted by atomic mass is 32.1. The van der Waals surface area contributed by atoms with Crippen LogP contribution in [0, 0.1) is 60.2 Å². The van der Waals surface area contributed by atoms with Gasteiger partial charge in [-0.1, -0.05) is 234 Å². The summed E-state index contributed by atoms with van der Waals surface area (Å²) in [4.78, 5) is 111. The van der Waals surface area contributed by atoms with Crippen LogP contribution >= 0.6 is 12.2 Å². The Labute approximate surface area is 591 Å². The smallest absolute Gasteiger partial charge is 0.224 e. The summed E-state index contributed by atoms with van der Waals surface area (Å²) in [6, 6.07) is 46.4. The van der Waals surface area contributed by atoms with Crippen molar-refractivity contribution in [2.24, 2.45) is 47.3 Å². The summed E-state index contributed by atoms with van der Waals surface area (Å²) in [7, 11) is 0. The van der Waals surface area contributed by atoms with E-state index in [4.69, 9.17) is 21.7 Å². The summed E-state index contributed by atoms with van der Waals surface area (Å²) in [5.74, 6) is -3.15. The number of Topliss-reactive ketones (excluding diaryl/α,β-unsaturated/α-hetero) is 4. The van der Waals surface area contributed by atoms with E-state index in [9.17, 15) is 38.4 Å². The highest BCUT2D eigenvalue weighted by Gasteiger charge is 2.51. The second kappa shape index (κ2) is 41.6. The number of hydrogen-bond acceptors (Lipinski definition) is 11. The third-order valence-corrected chi connectivity index (χ3v) is 18.2. The molecule has 4 N–H and O–H groups in total. The highest BCUT2D eigenvalue weighted by Crippen LogP contribution is 2.32. The van der Waals surface area contributed by atoms with E-state index in [1.54, 1.807) is 13.8 Å². The number of terminal acetylenes is 1. The molecule has 98 heavy (non-hydrogen) atoms. The van der Waals surface area contributed by atoms with E-state index in [1.807, 2.05) is 202 Å². The molecule has 4 amide bonds. The summed E-state index contributed by atoms with van der Waals surface area (Å²) in [5, 5.41) is 12.1. The van der Waals surface area contributed by atoms with Gasteiger partial charge in [0.15, 0.2) is 23.1 Å². The average Bonchev–Trinajstić information content (AvgIpc) is 1.64. The summed E-state index contributed by atoms with van der Waals surface area (Å²) in [6.45, 7) is 22.2. The van der Waals surface area contributed by atoms with Crippen LogP contribution in [0.1, 0.15) is 169 Å². The van der Waals surface area contributed by atoms with Gasteiger partial charge in [-0.25, -0.2) is 0 Å². The molecule has 2 fully saturated rings. The second-order valence-corrected chi connectivity index (χ2v) is 29.3. The second-order valence-electron chi connectivity index (χ2n) is 28.7.